The zero-order valence-electron chi connectivity index (χ0n) is 19.4. The lowest BCUT2D eigenvalue weighted by molar-refractivity contribution is 0.0968. The third kappa shape index (κ3) is 6.28. The third-order valence-corrected chi connectivity index (χ3v) is 5.70. The molecule has 4 aromatic rings. The van der Waals surface area contributed by atoms with Gasteiger partial charge in [0, 0.05) is 36.3 Å². The van der Waals surface area contributed by atoms with Gasteiger partial charge in [-0.05, 0) is 62.6 Å². The first-order chi connectivity index (χ1) is 17.0. The molecule has 0 bridgehead atoms. The number of rotatable bonds is 1. The molecule has 1 saturated heterocycles. The van der Waals surface area contributed by atoms with E-state index in [2.05, 4.69) is 15.0 Å². The maximum Gasteiger partial charge on any atom is 0.265 e. The molecule has 0 atom stereocenters. The van der Waals surface area contributed by atoms with Gasteiger partial charge in [-0.25, -0.2) is 18.8 Å². The lowest BCUT2D eigenvalue weighted by atomic mass is 10.2. The van der Waals surface area contributed by atoms with Crippen molar-refractivity contribution in [2.45, 2.75) is 39.4 Å². The van der Waals surface area contributed by atoms with Crippen LogP contribution in [0.3, 0.4) is 0 Å². The molecule has 0 radical (unpaired) electrons. The van der Waals surface area contributed by atoms with Gasteiger partial charge in [-0.1, -0.05) is 17.7 Å². The Bertz CT molecular complexity index is 1330. The van der Waals surface area contributed by atoms with E-state index in [0.29, 0.717) is 23.5 Å². The van der Waals surface area contributed by atoms with E-state index in [0.717, 1.165) is 18.9 Å². The highest BCUT2D eigenvalue weighted by Gasteiger charge is 2.21. The topological polar surface area (TPSA) is 78.6 Å². The quantitative estimate of drug-likeness (QED) is 0.362. The van der Waals surface area contributed by atoms with Crippen molar-refractivity contribution in [3.63, 3.8) is 0 Å². The number of nitrogens with zero attached hydrogens (tertiary/aromatic N) is 4. The molecule has 3 aromatic heterocycles. The molecule has 7 nitrogen and oxygen atoms in total. The van der Waals surface area contributed by atoms with Crippen molar-refractivity contribution >= 4 is 17.2 Å². The molecule has 1 fully saturated rings. The molecule has 0 unspecified atom stereocenters. The fourth-order valence-electron chi connectivity index (χ4n) is 3.68. The predicted octanol–water partition coefficient (Wildman–Crippen LogP) is 5.16. The highest BCUT2D eigenvalue weighted by atomic mass is 35.5. The number of halogens is 2. The molecule has 0 spiro atoms. The molecular formula is C26H26ClFN4O3. The van der Waals surface area contributed by atoms with Crippen LogP contribution in [0.15, 0.2) is 59.7 Å². The Morgan fingerprint density at radius 2 is 1.80 bits per heavy atom. The van der Waals surface area contributed by atoms with Gasteiger partial charge >= 0.3 is 0 Å². The maximum atomic E-state index is 14.2. The second-order valence-electron chi connectivity index (χ2n) is 8.07. The minimum atomic E-state index is -0.545. The van der Waals surface area contributed by atoms with Gasteiger partial charge < -0.3 is 9.47 Å². The highest BCUT2D eigenvalue weighted by Crippen LogP contribution is 2.24. The first-order valence-corrected chi connectivity index (χ1v) is 11.8. The minimum absolute atomic E-state index is 0.192. The van der Waals surface area contributed by atoms with Crippen LogP contribution in [0, 0.1) is 12.7 Å². The summed E-state index contributed by atoms with van der Waals surface area (Å²) in [5, 5.41) is 0.279. The summed E-state index contributed by atoms with van der Waals surface area (Å²) < 4.78 is 25.8. The lowest BCUT2D eigenvalue weighted by Gasteiger charge is -2.09. The molecule has 0 saturated carbocycles. The lowest BCUT2D eigenvalue weighted by Crippen LogP contribution is -2.22. The molecule has 182 valence electrons. The second kappa shape index (κ2) is 12.0. The van der Waals surface area contributed by atoms with Gasteiger partial charge in [-0.15, -0.1) is 0 Å². The standard InChI is InChI=1S/C15H9ClFN3O2.C6H7N.C5H10O/c16-8-1-2-9(11(17)5-8)14-18-4-3-13-19-12-7-22-6-10(12)15(21)20(13)14;1-6-4-2-3-5-7-6;1-2-4-6-5-3-1/h1-5H,6-7H2;2-5H,1H3;1-5H2. The molecule has 2 aliphatic heterocycles. The van der Waals surface area contributed by atoms with Crippen molar-refractivity contribution in [3.05, 3.63) is 93.0 Å². The summed E-state index contributed by atoms with van der Waals surface area (Å²) >= 11 is 5.77. The highest BCUT2D eigenvalue weighted by molar-refractivity contribution is 6.30. The first-order valence-electron chi connectivity index (χ1n) is 11.4. The maximum absolute atomic E-state index is 14.2. The van der Waals surface area contributed by atoms with Crippen LogP contribution in [0.2, 0.25) is 5.02 Å². The normalized spacial score (nSPS) is 14.4. The fraction of sp³-hybridized carbons (Fsp3) is 0.308. The van der Waals surface area contributed by atoms with Gasteiger partial charge in [0.15, 0.2) is 5.82 Å². The van der Waals surface area contributed by atoms with Gasteiger partial charge in [-0.3, -0.25) is 9.78 Å². The molecule has 35 heavy (non-hydrogen) atoms. The van der Waals surface area contributed by atoms with Crippen LogP contribution in [0.5, 0.6) is 0 Å². The molecule has 1 aromatic carbocycles. The van der Waals surface area contributed by atoms with Crippen molar-refractivity contribution in [2.24, 2.45) is 0 Å². The summed E-state index contributed by atoms with van der Waals surface area (Å²) in [6.45, 7) is 4.50. The number of aryl methyl sites for hydroxylation is 1. The summed E-state index contributed by atoms with van der Waals surface area (Å²) in [7, 11) is 0. The number of aromatic nitrogens is 4. The van der Waals surface area contributed by atoms with Crippen molar-refractivity contribution in [3.8, 4) is 11.4 Å². The number of fused-ring (bicyclic) bond motifs is 2. The van der Waals surface area contributed by atoms with Crippen molar-refractivity contribution in [1.82, 2.24) is 19.4 Å². The smallest absolute Gasteiger partial charge is 0.265 e. The van der Waals surface area contributed by atoms with Gasteiger partial charge in [0.25, 0.3) is 5.56 Å². The molecule has 5 heterocycles. The number of pyridine rings is 1. The van der Waals surface area contributed by atoms with Gasteiger partial charge in [0.1, 0.15) is 11.5 Å². The first kappa shape index (κ1) is 24.9. The molecular weight excluding hydrogens is 471 g/mol. The van der Waals surface area contributed by atoms with Gasteiger partial charge in [-0.2, -0.15) is 0 Å². The monoisotopic (exact) mass is 496 g/mol. The molecule has 2 aliphatic rings. The van der Waals surface area contributed by atoms with Crippen LogP contribution >= 0.6 is 11.6 Å². The molecule has 6 rings (SSSR count). The fourth-order valence-corrected chi connectivity index (χ4v) is 3.84. The van der Waals surface area contributed by atoms with E-state index in [1.807, 2.05) is 25.1 Å². The Labute approximate surface area is 207 Å². The van der Waals surface area contributed by atoms with E-state index in [4.69, 9.17) is 21.1 Å². The second-order valence-corrected chi connectivity index (χ2v) is 8.50. The van der Waals surface area contributed by atoms with Gasteiger partial charge in [0.2, 0.25) is 0 Å². The van der Waals surface area contributed by atoms with E-state index >= 15 is 0 Å². The minimum Gasteiger partial charge on any atom is -0.381 e. The average molecular weight is 497 g/mol. The van der Waals surface area contributed by atoms with Crippen LogP contribution in [0.4, 0.5) is 4.39 Å². The summed E-state index contributed by atoms with van der Waals surface area (Å²) in [5.74, 6) is -0.352. The number of hydrogen-bond donors (Lipinski definition) is 0. The van der Waals surface area contributed by atoms with Crippen LogP contribution in [-0.4, -0.2) is 32.6 Å². The van der Waals surface area contributed by atoms with E-state index in [-0.39, 0.29) is 28.6 Å². The summed E-state index contributed by atoms with van der Waals surface area (Å²) in [4.78, 5) is 25.2. The van der Waals surface area contributed by atoms with E-state index < -0.39 is 5.82 Å². The Morgan fingerprint density at radius 3 is 2.40 bits per heavy atom. The Kier molecular flexibility index (Phi) is 8.52. The molecule has 9 heteroatoms. The van der Waals surface area contributed by atoms with E-state index in [9.17, 15) is 9.18 Å². The Balaban J connectivity index is 0.000000181. The van der Waals surface area contributed by atoms with Crippen LogP contribution < -0.4 is 5.56 Å². The van der Waals surface area contributed by atoms with Crippen molar-refractivity contribution < 1.29 is 13.9 Å². The third-order valence-electron chi connectivity index (χ3n) is 5.47. The summed E-state index contributed by atoms with van der Waals surface area (Å²) in [6.07, 6.45) is 7.21. The average Bonchev–Trinajstić information content (AvgIpc) is 3.35. The Morgan fingerprint density at radius 1 is 0.971 bits per heavy atom. The summed E-state index contributed by atoms with van der Waals surface area (Å²) in [5.41, 5.74) is 2.50. The SMILES string of the molecule is C1CCOCC1.Cc1ccccn1.O=c1c2c(nc3ccnc(-c4ccc(Cl)cc4F)n13)COC2. The largest absolute Gasteiger partial charge is 0.381 e. The molecule has 0 aliphatic carbocycles. The molecule has 0 N–H and O–H groups in total. The number of ether oxygens (including phenoxy) is 2. The number of benzene rings is 1. The zero-order valence-corrected chi connectivity index (χ0v) is 20.2. The summed E-state index contributed by atoms with van der Waals surface area (Å²) in [6, 6.07) is 11.7. The van der Waals surface area contributed by atoms with E-state index in [1.54, 1.807) is 18.3 Å². The van der Waals surface area contributed by atoms with Crippen LogP contribution in [-0.2, 0) is 22.7 Å². The van der Waals surface area contributed by atoms with E-state index in [1.165, 1.54) is 42.0 Å². The van der Waals surface area contributed by atoms with Crippen LogP contribution in [0.25, 0.3) is 17.0 Å². The Hall–Kier alpha value is -3.20. The van der Waals surface area contributed by atoms with Crippen molar-refractivity contribution in [1.29, 1.82) is 0 Å². The van der Waals surface area contributed by atoms with Gasteiger partial charge in [0.05, 0.1) is 30.0 Å². The zero-order chi connectivity index (χ0) is 24.6. The molecule has 0 amide bonds. The van der Waals surface area contributed by atoms with Crippen LogP contribution in [0.1, 0.15) is 36.2 Å². The van der Waals surface area contributed by atoms with Crippen molar-refractivity contribution in [2.75, 3.05) is 13.2 Å². The predicted molar refractivity (Wildman–Crippen MR) is 132 cm³/mol. The number of hydrogen-bond acceptors (Lipinski definition) is 6.